The molecule has 1 fully saturated rings. The maximum Gasteiger partial charge on any atom is 0.339 e. The number of cyclic esters (lactones) is 1. The van der Waals surface area contributed by atoms with E-state index in [0.29, 0.717) is 37.2 Å². The molecule has 1 amide bonds. The molecule has 0 aromatic heterocycles. The van der Waals surface area contributed by atoms with Crippen molar-refractivity contribution < 1.29 is 23.9 Å². The molecular formula is C24H25NO5. The molecule has 2 aliphatic heterocycles. The number of fused-ring (bicyclic) bond motifs is 1. The predicted molar refractivity (Wildman–Crippen MR) is 110 cm³/mol. The van der Waals surface area contributed by atoms with Crippen LogP contribution < -0.4 is 0 Å². The van der Waals surface area contributed by atoms with Crippen molar-refractivity contribution in [3.63, 3.8) is 0 Å². The first-order valence-electron chi connectivity index (χ1n) is 10.4. The van der Waals surface area contributed by atoms with E-state index < -0.39 is 0 Å². The zero-order valence-corrected chi connectivity index (χ0v) is 17.0. The van der Waals surface area contributed by atoms with Crippen molar-refractivity contribution in [2.45, 2.75) is 32.3 Å². The first kappa shape index (κ1) is 20.1. The van der Waals surface area contributed by atoms with Gasteiger partial charge in [0, 0.05) is 25.1 Å². The molecule has 0 radical (unpaired) electrons. The summed E-state index contributed by atoms with van der Waals surface area (Å²) in [6.07, 6.45) is 1.66. The molecule has 0 N–H and O–H groups in total. The lowest BCUT2D eigenvalue weighted by molar-refractivity contribution is -0.149. The number of carbonyl (C=O) groups excluding carboxylic acids is 3. The van der Waals surface area contributed by atoms with Crippen molar-refractivity contribution >= 4 is 17.8 Å². The third-order valence-corrected chi connectivity index (χ3v) is 5.73. The van der Waals surface area contributed by atoms with Crippen LogP contribution in [0.2, 0.25) is 0 Å². The van der Waals surface area contributed by atoms with Gasteiger partial charge < -0.3 is 14.4 Å². The van der Waals surface area contributed by atoms with E-state index >= 15 is 0 Å². The summed E-state index contributed by atoms with van der Waals surface area (Å²) in [5, 5.41) is 0. The molecule has 2 heterocycles. The average Bonchev–Trinajstić information content (AvgIpc) is 2.79. The number of amides is 1. The Balaban J connectivity index is 1.53. The van der Waals surface area contributed by atoms with Crippen molar-refractivity contribution in [2.75, 3.05) is 19.7 Å². The summed E-state index contributed by atoms with van der Waals surface area (Å²) in [6.45, 7) is 3.10. The number of rotatable bonds is 4. The lowest BCUT2D eigenvalue weighted by Crippen LogP contribution is -2.42. The molecule has 2 atom stereocenters. The Kier molecular flexibility index (Phi) is 5.84. The highest BCUT2D eigenvalue weighted by atomic mass is 16.5. The second-order valence-electron chi connectivity index (χ2n) is 7.72. The largest absolute Gasteiger partial charge is 0.466 e. The molecule has 0 aliphatic carbocycles. The lowest BCUT2D eigenvalue weighted by Gasteiger charge is -2.32. The van der Waals surface area contributed by atoms with E-state index in [4.69, 9.17) is 9.47 Å². The SMILES string of the molecule is CCOC(=O)[C@H]1CCCN(C(=O)c2ccc3c(c2)C[C@@H](c2ccccc2)OC3=O)C1. The molecule has 4 rings (SSSR count). The van der Waals surface area contributed by atoms with Crippen molar-refractivity contribution in [3.05, 3.63) is 70.8 Å². The lowest BCUT2D eigenvalue weighted by atomic mass is 9.92. The first-order chi connectivity index (χ1) is 14.6. The molecule has 6 heteroatoms. The quantitative estimate of drug-likeness (QED) is 0.725. The van der Waals surface area contributed by atoms with E-state index in [0.717, 1.165) is 24.0 Å². The summed E-state index contributed by atoms with van der Waals surface area (Å²) in [5.41, 5.74) is 2.77. The fourth-order valence-electron chi connectivity index (χ4n) is 4.18. The molecule has 2 aromatic rings. The van der Waals surface area contributed by atoms with Gasteiger partial charge in [-0.3, -0.25) is 9.59 Å². The van der Waals surface area contributed by atoms with Crippen molar-refractivity contribution in [2.24, 2.45) is 5.92 Å². The molecule has 30 heavy (non-hydrogen) atoms. The van der Waals surface area contributed by atoms with E-state index in [1.807, 2.05) is 30.3 Å². The van der Waals surface area contributed by atoms with Gasteiger partial charge in [-0.1, -0.05) is 30.3 Å². The van der Waals surface area contributed by atoms with Gasteiger partial charge in [0.15, 0.2) is 0 Å². The van der Waals surface area contributed by atoms with Crippen LogP contribution >= 0.6 is 0 Å². The Labute approximate surface area is 175 Å². The first-order valence-corrected chi connectivity index (χ1v) is 10.4. The number of likely N-dealkylation sites (tertiary alicyclic amines) is 1. The number of ether oxygens (including phenoxy) is 2. The molecule has 0 spiro atoms. The van der Waals surface area contributed by atoms with Crippen LogP contribution in [0.15, 0.2) is 48.5 Å². The molecular weight excluding hydrogens is 382 g/mol. The molecule has 6 nitrogen and oxygen atoms in total. The molecule has 1 saturated heterocycles. The Morgan fingerprint density at radius 1 is 1.17 bits per heavy atom. The average molecular weight is 407 g/mol. The molecule has 0 bridgehead atoms. The van der Waals surface area contributed by atoms with Crippen LogP contribution in [0.5, 0.6) is 0 Å². The van der Waals surface area contributed by atoms with Crippen LogP contribution in [-0.2, 0) is 20.7 Å². The van der Waals surface area contributed by atoms with Crippen LogP contribution in [0.1, 0.15) is 57.7 Å². The summed E-state index contributed by atoms with van der Waals surface area (Å²) in [5.74, 6) is -1.02. The van der Waals surface area contributed by atoms with E-state index in [1.54, 1.807) is 30.0 Å². The Hall–Kier alpha value is -3.15. The highest BCUT2D eigenvalue weighted by molar-refractivity contribution is 5.98. The number of benzene rings is 2. The van der Waals surface area contributed by atoms with Crippen LogP contribution in [0.25, 0.3) is 0 Å². The van der Waals surface area contributed by atoms with Crippen LogP contribution in [0, 0.1) is 5.92 Å². The second-order valence-corrected chi connectivity index (χ2v) is 7.72. The van der Waals surface area contributed by atoms with Gasteiger partial charge in [-0.15, -0.1) is 0 Å². The zero-order valence-electron chi connectivity index (χ0n) is 17.0. The van der Waals surface area contributed by atoms with Crippen LogP contribution in [0.3, 0.4) is 0 Å². The summed E-state index contributed by atoms with van der Waals surface area (Å²) in [6, 6.07) is 14.7. The predicted octanol–water partition coefficient (Wildman–Crippen LogP) is 3.56. The fraction of sp³-hybridized carbons (Fsp3) is 0.375. The molecule has 0 saturated carbocycles. The van der Waals surface area contributed by atoms with Crippen molar-refractivity contribution in [1.82, 2.24) is 4.90 Å². The van der Waals surface area contributed by atoms with Crippen molar-refractivity contribution in [1.29, 1.82) is 0 Å². The molecule has 156 valence electrons. The normalized spacial score (nSPS) is 20.8. The van der Waals surface area contributed by atoms with Crippen molar-refractivity contribution in [3.8, 4) is 0 Å². The number of carbonyl (C=O) groups is 3. The Morgan fingerprint density at radius 3 is 2.73 bits per heavy atom. The smallest absolute Gasteiger partial charge is 0.339 e. The maximum absolute atomic E-state index is 13.1. The van der Waals surface area contributed by atoms with Crippen LogP contribution in [-0.4, -0.2) is 42.4 Å². The monoisotopic (exact) mass is 407 g/mol. The topological polar surface area (TPSA) is 72.9 Å². The maximum atomic E-state index is 13.1. The van der Waals surface area contributed by atoms with Crippen LogP contribution in [0.4, 0.5) is 0 Å². The van der Waals surface area contributed by atoms with Gasteiger partial charge in [-0.2, -0.15) is 0 Å². The summed E-state index contributed by atoms with van der Waals surface area (Å²) in [7, 11) is 0. The van der Waals surface area contributed by atoms with Gasteiger partial charge >= 0.3 is 11.9 Å². The van der Waals surface area contributed by atoms with Gasteiger partial charge in [0.25, 0.3) is 5.91 Å². The third kappa shape index (κ3) is 4.08. The van der Waals surface area contributed by atoms with Gasteiger partial charge in [0.05, 0.1) is 18.1 Å². The zero-order chi connectivity index (χ0) is 21.1. The number of piperidine rings is 1. The second kappa shape index (κ2) is 8.69. The minimum absolute atomic E-state index is 0.123. The van der Waals surface area contributed by atoms with E-state index in [-0.39, 0.29) is 29.9 Å². The van der Waals surface area contributed by atoms with Gasteiger partial charge in [0.2, 0.25) is 0 Å². The van der Waals surface area contributed by atoms with Gasteiger partial charge in [0.1, 0.15) is 6.10 Å². The number of esters is 2. The highest BCUT2D eigenvalue weighted by Crippen LogP contribution is 2.31. The molecule has 0 unspecified atom stereocenters. The minimum atomic E-state index is -0.371. The summed E-state index contributed by atoms with van der Waals surface area (Å²) >= 11 is 0. The number of hydrogen-bond donors (Lipinski definition) is 0. The standard InChI is InChI=1S/C24H25NO5/c1-2-29-23(27)18-9-6-12-25(15-18)22(26)17-10-11-20-19(13-17)14-21(30-24(20)28)16-7-4-3-5-8-16/h3-5,7-8,10-11,13,18,21H,2,6,9,12,14-15H2,1H3/t18-,21-/m0/s1. The highest BCUT2D eigenvalue weighted by Gasteiger charge is 2.32. The third-order valence-electron chi connectivity index (χ3n) is 5.73. The minimum Gasteiger partial charge on any atom is -0.466 e. The fourth-order valence-corrected chi connectivity index (χ4v) is 4.18. The Bertz CT molecular complexity index is 955. The summed E-state index contributed by atoms with van der Waals surface area (Å²) < 4.78 is 10.7. The van der Waals surface area contributed by atoms with E-state index in [9.17, 15) is 14.4 Å². The number of hydrogen-bond acceptors (Lipinski definition) is 5. The van der Waals surface area contributed by atoms with E-state index in [2.05, 4.69) is 0 Å². The Morgan fingerprint density at radius 2 is 1.97 bits per heavy atom. The van der Waals surface area contributed by atoms with Gasteiger partial charge in [-0.25, -0.2) is 4.79 Å². The molecule has 2 aliphatic rings. The van der Waals surface area contributed by atoms with E-state index in [1.165, 1.54) is 0 Å². The summed E-state index contributed by atoms with van der Waals surface area (Å²) in [4.78, 5) is 39.4. The number of nitrogens with zero attached hydrogens (tertiary/aromatic N) is 1. The van der Waals surface area contributed by atoms with Gasteiger partial charge in [-0.05, 0) is 49.1 Å². The molecule has 2 aromatic carbocycles.